The number of rotatable bonds is 6. The molecular weight excluding hydrogens is 556 g/mol. The van der Waals surface area contributed by atoms with Gasteiger partial charge in [0, 0.05) is 40.7 Å². The Morgan fingerprint density at radius 2 is 1.77 bits per heavy atom. The van der Waals surface area contributed by atoms with Gasteiger partial charge in [-0.05, 0) is 55.3 Å². The van der Waals surface area contributed by atoms with Gasteiger partial charge in [-0.3, -0.25) is 4.79 Å². The first kappa shape index (κ1) is 29.5. The van der Waals surface area contributed by atoms with E-state index in [1.54, 1.807) is 25.1 Å². The molecule has 8 nitrogen and oxygen atoms in total. The van der Waals surface area contributed by atoms with Crippen molar-refractivity contribution in [2.75, 3.05) is 13.2 Å². The number of aromatic nitrogens is 1. The van der Waals surface area contributed by atoms with Crippen molar-refractivity contribution in [3.05, 3.63) is 107 Å². The molecule has 0 saturated carbocycles. The highest BCUT2D eigenvalue weighted by Crippen LogP contribution is 2.41. The quantitative estimate of drug-likeness (QED) is 0.247. The summed E-state index contributed by atoms with van der Waals surface area (Å²) in [7, 11) is 0. The molecule has 43 heavy (non-hydrogen) atoms. The number of fused-ring (bicyclic) bond motifs is 3. The molecule has 0 fully saturated rings. The summed E-state index contributed by atoms with van der Waals surface area (Å²) in [4.78, 5) is 43.9. The van der Waals surface area contributed by atoms with E-state index >= 15 is 0 Å². The first-order chi connectivity index (χ1) is 20.5. The Labute approximate surface area is 247 Å². The maximum atomic E-state index is 14.0. The molecule has 5 rings (SSSR count). The number of hydrogen-bond acceptors (Lipinski definition) is 5. The third-order valence-corrected chi connectivity index (χ3v) is 7.33. The minimum absolute atomic E-state index is 0.0637. The molecule has 0 aliphatic carbocycles. The van der Waals surface area contributed by atoms with Gasteiger partial charge in [-0.25, -0.2) is 18.4 Å². The maximum absolute atomic E-state index is 14.0. The Hall–Kier alpha value is -4.99. The van der Waals surface area contributed by atoms with Gasteiger partial charge in [0.25, 0.3) is 5.91 Å². The number of carbonyl (C=O) groups excluding carboxylic acids is 3. The second kappa shape index (κ2) is 11.7. The number of hydrogen-bond donors (Lipinski definition) is 2. The van der Waals surface area contributed by atoms with Crippen molar-refractivity contribution in [1.29, 1.82) is 0 Å². The van der Waals surface area contributed by atoms with Gasteiger partial charge in [-0.2, -0.15) is 0 Å². The van der Waals surface area contributed by atoms with Crippen LogP contribution in [-0.4, -0.2) is 41.0 Å². The highest BCUT2D eigenvalue weighted by atomic mass is 19.2. The molecule has 2 amide bonds. The van der Waals surface area contributed by atoms with Crippen LogP contribution < -0.4 is 10.1 Å². The Balaban J connectivity index is 1.50. The fourth-order valence-corrected chi connectivity index (χ4v) is 5.34. The standard InChI is InChI=1S/C33H31F2N3O5/c1-5-42-31(40)24-17-38(30(39)21-11-14-25(34)26(35)15-21)18-33(3,4)28-23-13-12-22(16-27(23)37-29(24)28)43-32(41)36-19(2)20-9-7-6-8-10-20/h6-17,19,37H,5,18H2,1-4H3,(H,36,41)/t19-/m1/s1. The van der Waals surface area contributed by atoms with Crippen LogP contribution in [-0.2, 0) is 14.9 Å². The van der Waals surface area contributed by atoms with E-state index in [9.17, 15) is 23.2 Å². The van der Waals surface area contributed by atoms with Gasteiger partial charge in [-0.1, -0.05) is 44.2 Å². The molecule has 2 N–H and O–H groups in total. The smallest absolute Gasteiger partial charge is 0.413 e. The van der Waals surface area contributed by atoms with Crippen LogP contribution in [0.5, 0.6) is 5.75 Å². The van der Waals surface area contributed by atoms with E-state index in [-0.39, 0.29) is 36.1 Å². The van der Waals surface area contributed by atoms with Crippen LogP contribution in [0.2, 0.25) is 0 Å². The van der Waals surface area contributed by atoms with Gasteiger partial charge in [0.2, 0.25) is 0 Å². The summed E-state index contributed by atoms with van der Waals surface area (Å²) in [6, 6.07) is 17.2. The summed E-state index contributed by atoms with van der Waals surface area (Å²) >= 11 is 0. The second-order valence-corrected chi connectivity index (χ2v) is 11.0. The topological polar surface area (TPSA) is 101 Å². The molecule has 1 atom stereocenters. The van der Waals surface area contributed by atoms with E-state index in [1.807, 2.05) is 51.1 Å². The van der Waals surface area contributed by atoms with E-state index in [0.29, 0.717) is 11.2 Å². The van der Waals surface area contributed by atoms with Crippen molar-refractivity contribution in [3.8, 4) is 5.75 Å². The maximum Gasteiger partial charge on any atom is 0.413 e. The molecular formula is C33H31F2N3O5. The molecule has 1 aliphatic heterocycles. The molecule has 3 aromatic carbocycles. The van der Waals surface area contributed by atoms with Gasteiger partial charge in [-0.15, -0.1) is 0 Å². The van der Waals surface area contributed by atoms with Crippen LogP contribution in [0.3, 0.4) is 0 Å². The Bertz CT molecular complexity index is 1750. The molecule has 1 aliphatic rings. The lowest BCUT2D eigenvalue weighted by atomic mass is 9.81. The van der Waals surface area contributed by atoms with E-state index < -0.39 is 35.0 Å². The zero-order valence-corrected chi connectivity index (χ0v) is 24.2. The lowest BCUT2D eigenvalue weighted by molar-refractivity contribution is -0.136. The number of H-pyrrole nitrogens is 1. The second-order valence-electron chi connectivity index (χ2n) is 11.0. The van der Waals surface area contributed by atoms with E-state index in [1.165, 1.54) is 17.2 Å². The molecule has 0 saturated heterocycles. The number of benzene rings is 3. The van der Waals surface area contributed by atoms with Crippen molar-refractivity contribution < 1.29 is 32.6 Å². The third-order valence-electron chi connectivity index (χ3n) is 7.33. The third kappa shape index (κ3) is 5.99. The van der Waals surface area contributed by atoms with Crippen molar-refractivity contribution in [3.63, 3.8) is 0 Å². The van der Waals surface area contributed by atoms with Crippen molar-refractivity contribution in [1.82, 2.24) is 15.2 Å². The summed E-state index contributed by atoms with van der Waals surface area (Å²) < 4.78 is 38.4. The summed E-state index contributed by atoms with van der Waals surface area (Å²) in [5.74, 6) is -3.19. The Morgan fingerprint density at radius 1 is 1.02 bits per heavy atom. The van der Waals surface area contributed by atoms with Crippen LogP contribution in [0.25, 0.3) is 16.5 Å². The predicted octanol–water partition coefficient (Wildman–Crippen LogP) is 6.63. The summed E-state index contributed by atoms with van der Waals surface area (Å²) in [6.45, 7) is 7.56. The number of esters is 1. The molecule has 0 unspecified atom stereocenters. The van der Waals surface area contributed by atoms with Crippen LogP contribution >= 0.6 is 0 Å². The number of carbonyl (C=O) groups is 3. The first-order valence-electron chi connectivity index (χ1n) is 13.8. The lowest BCUT2D eigenvalue weighted by Gasteiger charge is -2.29. The zero-order valence-electron chi connectivity index (χ0n) is 24.2. The van der Waals surface area contributed by atoms with E-state index in [4.69, 9.17) is 9.47 Å². The number of nitrogens with one attached hydrogen (secondary N) is 2. The number of ether oxygens (including phenoxy) is 2. The first-order valence-corrected chi connectivity index (χ1v) is 13.8. The largest absolute Gasteiger partial charge is 0.462 e. The summed E-state index contributed by atoms with van der Waals surface area (Å²) in [6.07, 6.45) is 0.753. The Kier molecular flexibility index (Phi) is 8.04. The minimum atomic E-state index is -1.15. The van der Waals surface area contributed by atoms with Gasteiger partial charge in [0.15, 0.2) is 11.6 Å². The van der Waals surface area contributed by atoms with Crippen LogP contribution in [0.15, 0.2) is 72.9 Å². The van der Waals surface area contributed by atoms with Gasteiger partial charge < -0.3 is 24.7 Å². The minimum Gasteiger partial charge on any atom is -0.462 e. The summed E-state index contributed by atoms with van der Waals surface area (Å²) in [5, 5.41) is 3.56. The van der Waals surface area contributed by atoms with E-state index in [2.05, 4.69) is 10.3 Å². The van der Waals surface area contributed by atoms with Crippen LogP contribution in [0.1, 0.15) is 60.9 Å². The van der Waals surface area contributed by atoms with E-state index in [0.717, 1.165) is 28.6 Å². The molecule has 4 aromatic rings. The SMILES string of the molecule is CCOC(=O)C1=CN(C(=O)c2ccc(F)c(F)c2)CC(C)(C)c2c1[nH]c1cc(OC(=O)N[C@H](C)c3ccccc3)ccc21. The average molecular weight is 588 g/mol. The molecule has 0 radical (unpaired) electrons. The summed E-state index contributed by atoms with van der Waals surface area (Å²) in [5.41, 5.74) is 2.03. The highest BCUT2D eigenvalue weighted by Gasteiger charge is 2.37. The van der Waals surface area contributed by atoms with Crippen molar-refractivity contribution >= 4 is 34.4 Å². The Morgan fingerprint density at radius 3 is 2.47 bits per heavy atom. The van der Waals surface area contributed by atoms with Crippen molar-refractivity contribution in [2.24, 2.45) is 0 Å². The fourth-order valence-electron chi connectivity index (χ4n) is 5.34. The molecule has 1 aromatic heterocycles. The predicted molar refractivity (Wildman–Crippen MR) is 157 cm³/mol. The number of amides is 2. The van der Waals surface area contributed by atoms with Gasteiger partial charge in [0.05, 0.1) is 23.9 Å². The number of halogens is 2. The fraction of sp³-hybridized carbons (Fsp3) is 0.242. The lowest BCUT2D eigenvalue weighted by Crippen LogP contribution is -2.37. The van der Waals surface area contributed by atoms with Crippen molar-refractivity contribution in [2.45, 2.75) is 39.2 Å². The molecule has 222 valence electrons. The monoisotopic (exact) mass is 587 g/mol. The zero-order chi connectivity index (χ0) is 30.9. The molecule has 2 heterocycles. The molecule has 0 bridgehead atoms. The molecule has 0 spiro atoms. The average Bonchev–Trinajstić information content (AvgIpc) is 3.31. The highest BCUT2D eigenvalue weighted by molar-refractivity contribution is 6.18. The van der Waals surface area contributed by atoms with Crippen LogP contribution in [0.4, 0.5) is 13.6 Å². The van der Waals surface area contributed by atoms with Crippen LogP contribution in [0, 0.1) is 11.6 Å². The normalized spacial score (nSPS) is 14.7. The number of aromatic amines is 1. The molecule has 10 heteroatoms. The van der Waals surface area contributed by atoms with Gasteiger partial charge >= 0.3 is 12.1 Å². The van der Waals surface area contributed by atoms with Gasteiger partial charge in [0.1, 0.15) is 5.75 Å². The number of nitrogens with zero attached hydrogens (tertiary/aromatic N) is 1.